The van der Waals surface area contributed by atoms with E-state index in [1.807, 2.05) is 31.1 Å². The normalized spacial score (nSPS) is 17.3. The summed E-state index contributed by atoms with van der Waals surface area (Å²) in [5.74, 6) is 0.170. The number of ether oxygens (including phenoxy) is 1. The molecule has 2 aromatic rings. The number of amides is 1. The standard InChI is InChI=1S/C22H25F3N2O2/c1-26(2)11-12-27-20-6-4-5-19(22(23,24)25)18(20)13-16(14-21(27)28)15-7-9-17(29-3)10-8-15/h4-10,16H,11-14H2,1-3H3/t16-/m0/s1. The van der Waals surface area contributed by atoms with E-state index in [1.54, 1.807) is 25.3 Å². The molecule has 0 spiro atoms. The van der Waals surface area contributed by atoms with Crippen LogP contribution >= 0.6 is 0 Å². The second-order valence-corrected chi connectivity index (χ2v) is 7.53. The van der Waals surface area contributed by atoms with Crippen molar-refractivity contribution < 1.29 is 22.7 Å². The number of hydrogen-bond donors (Lipinski definition) is 0. The van der Waals surface area contributed by atoms with Gasteiger partial charge in [-0.1, -0.05) is 18.2 Å². The van der Waals surface area contributed by atoms with Crippen molar-refractivity contribution in [2.24, 2.45) is 0 Å². The average molecular weight is 406 g/mol. The Hall–Kier alpha value is -2.54. The molecule has 0 radical (unpaired) electrons. The molecular weight excluding hydrogens is 381 g/mol. The zero-order valence-electron chi connectivity index (χ0n) is 16.8. The number of fused-ring (bicyclic) bond motifs is 1. The molecule has 0 bridgehead atoms. The number of methoxy groups -OCH3 is 1. The summed E-state index contributed by atoms with van der Waals surface area (Å²) >= 11 is 0. The molecule has 29 heavy (non-hydrogen) atoms. The second kappa shape index (κ2) is 8.45. The van der Waals surface area contributed by atoms with Gasteiger partial charge >= 0.3 is 6.18 Å². The van der Waals surface area contributed by atoms with Crippen LogP contribution in [0, 0.1) is 0 Å². The molecule has 7 heteroatoms. The van der Waals surface area contributed by atoms with Crippen LogP contribution in [0.4, 0.5) is 18.9 Å². The number of benzene rings is 2. The molecule has 0 unspecified atom stereocenters. The van der Waals surface area contributed by atoms with E-state index in [0.29, 0.717) is 24.5 Å². The number of halogens is 3. The molecule has 156 valence electrons. The highest BCUT2D eigenvalue weighted by Crippen LogP contribution is 2.42. The number of carbonyl (C=O) groups excluding carboxylic acids is 1. The summed E-state index contributed by atoms with van der Waals surface area (Å²) in [7, 11) is 5.30. The van der Waals surface area contributed by atoms with Crippen LogP contribution in [0.1, 0.15) is 29.0 Å². The molecule has 1 heterocycles. The van der Waals surface area contributed by atoms with Crippen molar-refractivity contribution in [3.8, 4) is 5.75 Å². The highest BCUT2D eigenvalue weighted by atomic mass is 19.4. The lowest BCUT2D eigenvalue weighted by molar-refractivity contribution is -0.138. The van der Waals surface area contributed by atoms with Gasteiger partial charge in [0.05, 0.1) is 12.7 Å². The van der Waals surface area contributed by atoms with Gasteiger partial charge in [0, 0.05) is 25.2 Å². The summed E-state index contributed by atoms with van der Waals surface area (Å²) in [5, 5.41) is 0. The monoisotopic (exact) mass is 406 g/mol. The fourth-order valence-corrected chi connectivity index (χ4v) is 3.74. The minimum atomic E-state index is -4.48. The Kier molecular flexibility index (Phi) is 6.17. The predicted octanol–water partition coefficient (Wildman–Crippen LogP) is 4.34. The summed E-state index contributed by atoms with van der Waals surface area (Å²) in [6.07, 6.45) is -4.16. The van der Waals surface area contributed by atoms with Crippen LogP contribution in [0.15, 0.2) is 42.5 Å². The van der Waals surface area contributed by atoms with E-state index < -0.39 is 11.7 Å². The molecule has 1 amide bonds. The molecule has 0 N–H and O–H groups in total. The third kappa shape index (κ3) is 4.72. The van der Waals surface area contributed by atoms with Crippen molar-refractivity contribution in [2.75, 3.05) is 39.2 Å². The largest absolute Gasteiger partial charge is 0.497 e. The molecule has 1 atom stereocenters. The van der Waals surface area contributed by atoms with Crippen LogP contribution in [0.25, 0.3) is 0 Å². The Morgan fingerprint density at radius 2 is 1.79 bits per heavy atom. The second-order valence-electron chi connectivity index (χ2n) is 7.53. The highest BCUT2D eigenvalue weighted by molar-refractivity contribution is 5.96. The van der Waals surface area contributed by atoms with Gasteiger partial charge in [0.1, 0.15) is 5.75 Å². The van der Waals surface area contributed by atoms with Gasteiger partial charge in [-0.25, -0.2) is 0 Å². The predicted molar refractivity (Wildman–Crippen MR) is 106 cm³/mol. The minimum absolute atomic E-state index is 0.154. The average Bonchev–Trinajstić information content (AvgIpc) is 2.81. The van der Waals surface area contributed by atoms with E-state index in [1.165, 1.54) is 11.0 Å². The summed E-state index contributed by atoms with van der Waals surface area (Å²) in [4.78, 5) is 16.5. The molecule has 1 aliphatic rings. The molecule has 0 aromatic heterocycles. The van der Waals surface area contributed by atoms with Crippen molar-refractivity contribution in [2.45, 2.75) is 24.9 Å². The van der Waals surface area contributed by atoms with Crippen molar-refractivity contribution in [1.29, 1.82) is 0 Å². The summed E-state index contributed by atoms with van der Waals surface area (Å²) in [6, 6.07) is 11.3. The first-order chi connectivity index (χ1) is 13.7. The van der Waals surface area contributed by atoms with E-state index in [4.69, 9.17) is 4.74 Å². The molecule has 3 rings (SSSR count). The lowest BCUT2D eigenvalue weighted by Crippen LogP contribution is -2.36. The molecule has 0 aliphatic carbocycles. The van der Waals surface area contributed by atoms with Crippen LogP contribution < -0.4 is 9.64 Å². The van der Waals surface area contributed by atoms with Gasteiger partial charge in [-0.15, -0.1) is 0 Å². The van der Waals surface area contributed by atoms with Crippen molar-refractivity contribution in [3.63, 3.8) is 0 Å². The maximum atomic E-state index is 13.7. The van der Waals surface area contributed by atoms with E-state index >= 15 is 0 Å². The lowest BCUT2D eigenvalue weighted by Gasteiger charge is -2.26. The number of rotatable bonds is 5. The third-order valence-electron chi connectivity index (χ3n) is 5.28. The van der Waals surface area contributed by atoms with Gasteiger partial charge in [-0.3, -0.25) is 4.79 Å². The first kappa shape index (κ1) is 21.2. The van der Waals surface area contributed by atoms with Crippen LogP contribution in [-0.4, -0.2) is 45.1 Å². The number of hydrogen-bond acceptors (Lipinski definition) is 3. The Balaban J connectivity index is 2.06. The van der Waals surface area contributed by atoms with Crippen LogP contribution in [0.3, 0.4) is 0 Å². The van der Waals surface area contributed by atoms with Crippen molar-refractivity contribution in [1.82, 2.24) is 4.90 Å². The zero-order valence-corrected chi connectivity index (χ0v) is 16.8. The smallest absolute Gasteiger partial charge is 0.416 e. The SMILES string of the molecule is COc1ccc([C@@H]2CC(=O)N(CCN(C)C)c3cccc(C(F)(F)F)c3C2)cc1. The van der Waals surface area contributed by atoms with E-state index in [2.05, 4.69) is 0 Å². The van der Waals surface area contributed by atoms with E-state index in [0.717, 1.165) is 11.6 Å². The van der Waals surface area contributed by atoms with Gasteiger partial charge in [-0.05, 0) is 61.8 Å². The molecule has 2 aromatic carbocycles. The van der Waals surface area contributed by atoms with Crippen LogP contribution in [-0.2, 0) is 17.4 Å². The minimum Gasteiger partial charge on any atom is -0.497 e. The van der Waals surface area contributed by atoms with Gasteiger partial charge < -0.3 is 14.5 Å². The fourth-order valence-electron chi connectivity index (χ4n) is 3.74. The number of likely N-dealkylation sites (N-methyl/N-ethyl adjacent to an activating group) is 1. The van der Waals surface area contributed by atoms with E-state index in [-0.39, 0.29) is 30.2 Å². The Morgan fingerprint density at radius 1 is 1.10 bits per heavy atom. The summed E-state index contributed by atoms with van der Waals surface area (Å²) in [6.45, 7) is 0.907. The van der Waals surface area contributed by atoms with Crippen molar-refractivity contribution >= 4 is 11.6 Å². The van der Waals surface area contributed by atoms with Gasteiger partial charge in [0.25, 0.3) is 0 Å². The van der Waals surface area contributed by atoms with Gasteiger partial charge in [0.15, 0.2) is 0 Å². The quantitative estimate of drug-likeness (QED) is 0.741. The maximum Gasteiger partial charge on any atom is 0.416 e. The van der Waals surface area contributed by atoms with Gasteiger partial charge in [0.2, 0.25) is 5.91 Å². The van der Waals surface area contributed by atoms with Crippen molar-refractivity contribution in [3.05, 3.63) is 59.2 Å². The van der Waals surface area contributed by atoms with Gasteiger partial charge in [-0.2, -0.15) is 13.2 Å². The molecule has 1 aliphatic heterocycles. The number of nitrogens with zero attached hydrogens (tertiary/aromatic N) is 2. The molecular formula is C22H25F3N2O2. The number of anilines is 1. The first-order valence-corrected chi connectivity index (χ1v) is 9.49. The maximum absolute atomic E-state index is 13.7. The van der Waals surface area contributed by atoms with E-state index in [9.17, 15) is 18.0 Å². The first-order valence-electron chi connectivity index (χ1n) is 9.49. The number of alkyl halides is 3. The fraction of sp³-hybridized carbons (Fsp3) is 0.409. The molecule has 4 nitrogen and oxygen atoms in total. The summed E-state index contributed by atoms with van der Waals surface area (Å²) < 4.78 is 46.4. The highest BCUT2D eigenvalue weighted by Gasteiger charge is 2.38. The Morgan fingerprint density at radius 3 is 2.38 bits per heavy atom. The van der Waals surface area contributed by atoms with Crippen LogP contribution in [0.2, 0.25) is 0 Å². The zero-order chi connectivity index (χ0) is 21.2. The van der Waals surface area contributed by atoms with Crippen LogP contribution in [0.5, 0.6) is 5.75 Å². The third-order valence-corrected chi connectivity index (χ3v) is 5.28. The molecule has 0 fully saturated rings. The molecule has 0 saturated heterocycles. The lowest BCUT2D eigenvalue weighted by atomic mass is 9.88. The molecule has 0 saturated carbocycles. The number of carbonyl (C=O) groups is 1. The topological polar surface area (TPSA) is 32.8 Å². The summed E-state index contributed by atoms with van der Waals surface area (Å²) in [5.41, 5.74) is 0.711. The Bertz CT molecular complexity index is 863. The Labute approximate surface area is 168 Å².